The van der Waals surface area contributed by atoms with Crippen LogP contribution < -0.4 is 5.73 Å². The van der Waals surface area contributed by atoms with Gasteiger partial charge in [-0.25, -0.2) is 4.98 Å². The number of nitrogens with two attached hydrogens (primary N) is 1. The van der Waals surface area contributed by atoms with Crippen LogP contribution in [0.25, 0.3) is 0 Å². The van der Waals surface area contributed by atoms with Gasteiger partial charge in [-0.3, -0.25) is 4.90 Å². The zero-order chi connectivity index (χ0) is 13.2. The van der Waals surface area contributed by atoms with Crippen LogP contribution in [0.15, 0.2) is 12.4 Å². The summed E-state index contributed by atoms with van der Waals surface area (Å²) in [5.74, 6) is 1.13. The van der Waals surface area contributed by atoms with Gasteiger partial charge in [-0.15, -0.1) is 0 Å². The maximum Gasteiger partial charge on any atom is 0.122 e. The van der Waals surface area contributed by atoms with E-state index in [2.05, 4.69) is 28.3 Å². The first-order valence-corrected chi connectivity index (χ1v) is 6.55. The molecular weight excluding hydrogens is 228 g/mol. The highest BCUT2D eigenvalue weighted by atomic mass is 16.5. The molecule has 1 aromatic heterocycles. The molecule has 0 aliphatic carbocycles. The summed E-state index contributed by atoms with van der Waals surface area (Å²) in [6.07, 6.45) is 4.86. The second kappa shape index (κ2) is 5.38. The number of ether oxygens (including phenoxy) is 1. The predicted molar refractivity (Wildman–Crippen MR) is 71.2 cm³/mol. The molecule has 0 amide bonds. The van der Waals surface area contributed by atoms with Gasteiger partial charge < -0.3 is 15.0 Å². The van der Waals surface area contributed by atoms with Crippen molar-refractivity contribution in [3.63, 3.8) is 0 Å². The van der Waals surface area contributed by atoms with Gasteiger partial charge in [-0.2, -0.15) is 0 Å². The molecular formula is C13H24N4O. The topological polar surface area (TPSA) is 56.3 Å². The molecule has 5 nitrogen and oxygen atoms in total. The van der Waals surface area contributed by atoms with Gasteiger partial charge in [-0.1, -0.05) is 0 Å². The van der Waals surface area contributed by atoms with Crippen LogP contribution in [0, 0.1) is 0 Å². The summed E-state index contributed by atoms with van der Waals surface area (Å²) in [7, 11) is 1.76. The smallest absolute Gasteiger partial charge is 0.122 e. The van der Waals surface area contributed by atoms with E-state index in [1.807, 2.05) is 12.4 Å². The van der Waals surface area contributed by atoms with Gasteiger partial charge in [0.15, 0.2) is 0 Å². The Morgan fingerprint density at radius 3 is 2.94 bits per heavy atom. The highest BCUT2D eigenvalue weighted by molar-refractivity contribution is 4.97. The zero-order valence-electron chi connectivity index (χ0n) is 11.6. The lowest BCUT2D eigenvalue weighted by Gasteiger charge is -2.37. The van der Waals surface area contributed by atoms with Crippen molar-refractivity contribution in [1.29, 1.82) is 0 Å². The van der Waals surface area contributed by atoms with Crippen molar-refractivity contribution in [3.8, 4) is 0 Å². The predicted octanol–water partition coefficient (Wildman–Crippen LogP) is 0.841. The first-order valence-electron chi connectivity index (χ1n) is 6.55. The minimum absolute atomic E-state index is 0.128. The van der Waals surface area contributed by atoms with Gasteiger partial charge >= 0.3 is 0 Å². The Labute approximate surface area is 109 Å². The summed E-state index contributed by atoms with van der Waals surface area (Å²) in [5, 5.41) is 0. The van der Waals surface area contributed by atoms with Gasteiger partial charge in [0.1, 0.15) is 5.82 Å². The number of methoxy groups -OCH3 is 1. The molecule has 0 radical (unpaired) electrons. The molecule has 0 saturated heterocycles. The average molecular weight is 252 g/mol. The number of aromatic nitrogens is 2. The van der Waals surface area contributed by atoms with Crippen LogP contribution in [-0.2, 0) is 17.8 Å². The number of rotatable bonds is 5. The molecule has 18 heavy (non-hydrogen) atoms. The number of hydrogen-bond acceptors (Lipinski definition) is 4. The number of nitrogens with zero attached hydrogens (tertiary/aromatic N) is 3. The van der Waals surface area contributed by atoms with E-state index >= 15 is 0 Å². The largest absolute Gasteiger partial charge is 0.379 e. The van der Waals surface area contributed by atoms with Crippen molar-refractivity contribution < 1.29 is 4.74 Å². The third-order valence-corrected chi connectivity index (χ3v) is 3.84. The SMILES string of the molecule is COC(C)(C)CC(CN)N1CCn2ccnc2C1. The summed E-state index contributed by atoms with van der Waals surface area (Å²) in [4.78, 5) is 6.81. The molecule has 102 valence electrons. The Morgan fingerprint density at radius 2 is 2.28 bits per heavy atom. The van der Waals surface area contributed by atoms with Crippen LogP contribution in [0.3, 0.4) is 0 Å². The van der Waals surface area contributed by atoms with Crippen molar-refractivity contribution in [2.75, 3.05) is 20.2 Å². The van der Waals surface area contributed by atoms with Gasteiger partial charge in [-0.05, 0) is 20.3 Å². The van der Waals surface area contributed by atoms with E-state index in [4.69, 9.17) is 10.5 Å². The first-order chi connectivity index (χ1) is 8.55. The average Bonchev–Trinajstić information content (AvgIpc) is 2.83. The van der Waals surface area contributed by atoms with Crippen molar-refractivity contribution in [1.82, 2.24) is 14.5 Å². The second-order valence-corrected chi connectivity index (χ2v) is 5.56. The Morgan fingerprint density at radius 1 is 1.50 bits per heavy atom. The number of fused-ring (bicyclic) bond motifs is 1. The lowest BCUT2D eigenvalue weighted by atomic mass is 9.97. The fourth-order valence-corrected chi connectivity index (χ4v) is 2.52. The monoisotopic (exact) mass is 252 g/mol. The molecule has 0 saturated carbocycles. The Hall–Kier alpha value is -0.910. The molecule has 0 aromatic carbocycles. The van der Waals surface area contributed by atoms with E-state index in [1.165, 1.54) is 0 Å². The highest BCUT2D eigenvalue weighted by Gasteiger charge is 2.28. The van der Waals surface area contributed by atoms with Crippen molar-refractivity contribution in [3.05, 3.63) is 18.2 Å². The van der Waals surface area contributed by atoms with Crippen LogP contribution in [0.5, 0.6) is 0 Å². The second-order valence-electron chi connectivity index (χ2n) is 5.56. The molecule has 1 unspecified atom stereocenters. The maximum absolute atomic E-state index is 5.94. The molecule has 1 aromatic rings. The Bertz CT molecular complexity index is 388. The molecule has 0 spiro atoms. The normalized spacial score (nSPS) is 18.7. The quantitative estimate of drug-likeness (QED) is 0.844. The highest BCUT2D eigenvalue weighted by Crippen LogP contribution is 2.21. The van der Waals surface area contributed by atoms with Crippen LogP contribution in [0.4, 0.5) is 0 Å². The number of hydrogen-bond donors (Lipinski definition) is 1. The van der Waals surface area contributed by atoms with Gasteiger partial charge in [0, 0.05) is 45.2 Å². The van der Waals surface area contributed by atoms with Gasteiger partial charge in [0.25, 0.3) is 0 Å². The molecule has 0 fully saturated rings. The summed E-state index contributed by atoms with van der Waals surface area (Å²) in [5.41, 5.74) is 5.81. The van der Waals surface area contributed by atoms with Gasteiger partial charge in [0.2, 0.25) is 0 Å². The first kappa shape index (κ1) is 13.5. The molecule has 1 atom stereocenters. The van der Waals surface area contributed by atoms with Crippen molar-refractivity contribution in [2.24, 2.45) is 5.73 Å². The fraction of sp³-hybridized carbons (Fsp3) is 0.769. The minimum atomic E-state index is -0.128. The van der Waals surface area contributed by atoms with Gasteiger partial charge in [0.05, 0.1) is 12.1 Å². The standard InChI is InChI=1S/C13H24N4O/c1-13(2,18-3)8-11(9-14)17-7-6-16-5-4-15-12(16)10-17/h4-5,11H,6-10,14H2,1-3H3. The molecule has 5 heteroatoms. The van der Waals surface area contributed by atoms with E-state index in [0.29, 0.717) is 12.6 Å². The van der Waals surface area contributed by atoms with E-state index in [0.717, 1.165) is 31.9 Å². The lowest BCUT2D eigenvalue weighted by Crippen LogP contribution is -2.48. The van der Waals surface area contributed by atoms with Crippen LogP contribution in [0.1, 0.15) is 26.1 Å². The fourth-order valence-electron chi connectivity index (χ4n) is 2.52. The van der Waals surface area contributed by atoms with Crippen LogP contribution >= 0.6 is 0 Å². The van der Waals surface area contributed by atoms with Crippen LogP contribution in [-0.4, -0.2) is 46.3 Å². The molecule has 1 aliphatic rings. The number of imidazole rings is 1. The lowest BCUT2D eigenvalue weighted by molar-refractivity contribution is -0.0116. The summed E-state index contributed by atoms with van der Waals surface area (Å²) >= 11 is 0. The van der Waals surface area contributed by atoms with E-state index in [-0.39, 0.29) is 5.60 Å². The Kier molecular flexibility index (Phi) is 4.04. The third kappa shape index (κ3) is 2.91. The van der Waals surface area contributed by atoms with E-state index < -0.39 is 0 Å². The van der Waals surface area contributed by atoms with Crippen molar-refractivity contribution >= 4 is 0 Å². The summed E-state index contributed by atoms with van der Waals surface area (Å²) < 4.78 is 7.73. The molecule has 0 bridgehead atoms. The van der Waals surface area contributed by atoms with E-state index in [9.17, 15) is 0 Å². The Balaban J connectivity index is 2.02. The van der Waals surface area contributed by atoms with Crippen molar-refractivity contribution in [2.45, 2.75) is 45.0 Å². The molecule has 2 N–H and O–H groups in total. The summed E-state index contributed by atoms with van der Waals surface area (Å²) in [6, 6.07) is 0.352. The minimum Gasteiger partial charge on any atom is -0.379 e. The summed E-state index contributed by atoms with van der Waals surface area (Å²) in [6.45, 7) is 7.80. The maximum atomic E-state index is 5.94. The molecule has 1 aliphatic heterocycles. The zero-order valence-corrected chi connectivity index (χ0v) is 11.6. The molecule has 2 heterocycles. The third-order valence-electron chi connectivity index (χ3n) is 3.84. The van der Waals surface area contributed by atoms with E-state index in [1.54, 1.807) is 7.11 Å². The van der Waals surface area contributed by atoms with Crippen LogP contribution in [0.2, 0.25) is 0 Å². The molecule has 2 rings (SSSR count).